The van der Waals surface area contributed by atoms with Crippen LogP contribution in [0.1, 0.15) is 13.3 Å². The van der Waals surface area contributed by atoms with E-state index in [0.717, 1.165) is 0 Å². The molecule has 0 heterocycles. The number of amides is 2. The molecule has 1 radical (unpaired) electrons. The van der Waals surface area contributed by atoms with Crippen LogP contribution in [0, 0.1) is 12.3 Å². The zero-order valence-corrected chi connectivity index (χ0v) is 5.83. The SMILES string of the molecule is CC(C[CH]C(N)=O)C(N)=O. The van der Waals surface area contributed by atoms with Crippen molar-refractivity contribution in [2.45, 2.75) is 13.3 Å². The summed E-state index contributed by atoms with van der Waals surface area (Å²) in [6, 6.07) is 0. The predicted molar refractivity (Wildman–Crippen MR) is 36.5 cm³/mol. The number of primary amides is 2. The largest absolute Gasteiger partial charge is 0.369 e. The van der Waals surface area contributed by atoms with Crippen LogP contribution >= 0.6 is 0 Å². The third kappa shape index (κ3) is 3.88. The van der Waals surface area contributed by atoms with E-state index in [1.165, 1.54) is 6.42 Å². The topological polar surface area (TPSA) is 86.2 Å². The van der Waals surface area contributed by atoms with Crippen LogP contribution in [0.2, 0.25) is 0 Å². The average molecular weight is 143 g/mol. The standard InChI is InChI=1S/C6H11N2O2/c1-4(6(8)10)2-3-5(7)9/h3-4H,2H2,1H3,(H2,7,9)(H2,8,10). The number of hydrogen-bond acceptors (Lipinski definition) is 2. The van der Waals surface area contributed by atoms with Crippen molar-refractivity contribution in [2.75, 3.05) is 0 Å². The summed E-state index contributed by atoms with van der Waals surface area (Å²) in [5.74, 6) is -1.25. The molecule has 4 N–H and O–H groups in total. The summed E-state index contributed by atoms with van der Waals surface area (Å²) in [6.45, 7) is 1.64. The van der Waals surface area contributed by atoms with E-state index < -0.39 is 11.8 Å². The van der Waals surface area contributed by atoms with Gasteiger partial charge in [-0.3, -0.25) is 9.59 Å². The zero-order chi connectivity index (χ0) is 8.15. The van der Waals surface area contributed by atoms with Gasteiger partial charge in [-0.25, -0.2) is 0 Å². The van der Waals surface area contributed by atoms with Crippen molar-refractivity contribution in [3.05, 3.63) is 6.42 Å². The van der Waals surface area contributed by atoms with Gasteiger partial charge in [0.2, 0.25) is 11.8 Å². The summed E-state index contributed by atoms with van der Waals surface area (Å²) in [4.78, 5) is 20.5. The molecule has 0 aliphatic heterocycles. The number of hydrogen-bond donors (Lipinski definition) is 2. The van der Waals surface area contributed by atoms with Gasteiger partial charge < -0.3 is 11.5 Å². The molecule has 0 aromatic heterocycles. The second kappa shape index (κ2) is 3.87. The number of carbonyl (C=O) groups excluding carboxylic acids is 2. The van der Waals surface area contributed by atoms with Crippen molar-refractivity contribution in [2.24, 2.45) is 17.4 Å². The second-order valence-corrected chi connectivity index (χ2v) is 2.15. The maximum Gasteiger partial charge on any atom is 0.221 e. The van der Waals surface area contributed by atoms with E-state index in [4.69, 9.17) is 11.5 Å². The van der Waals surface area contributed by atoms with Crippen molar-refractivity contribution in [1.29, 1.82) is 0 Å². The van der Waals surface area contributed by atoms with Crippen molar-refractivity contribution in [1.82, 2.24) is 0 Å². The predicted octanol–water partition coefficient (Wildman–Crippen LogP) is -0.813. The van der Waals surface area contributed by atoms with Gasteiger partial charge in [-0.2, -0.15) is 0 Å². The molecule has 0 bridgehead atoms. The molecule has 0 rings (SSSR count). The van der Waals surface area contributed by atoms with E-state index in [9.17, 15) is 9.59 Å². The first-order valence-electron chi connectivity index (χ1n) is 2.96. The number of nitrogens with two attached hydrogens (primary N) is 2. The van der Waals surface area contributed by atoms with Gasteiger partial charge >= 0.3 is 0 Å². The van der Waals surface area contributed by atoms with Crippen LogP contribution in [-0.4, -0.2) is 11.8 Å². The fourth-order valence-electron chi connectivity index (χ4n) is 0.409. The molecule has 2 amide bonds. The molecule has 4 nitrogen and oxygen atoms in total. The summed E-state index contributed by atoms with van der Waals surface area (Å²) < 4.78 is 0. The Morgan fingerprint density at radius 2 is 2.00 bits per heavy atom. The van der Waals surface area contributed by atoms with Gasteiger partial charge in [0.25, 0.3) is 0 Å². The molecule has 10 heavy (non-hydrogen) atoms. The summed E-state index contributed by atoms with van der Waals surface area (Å²) in [5.41, 5.74) is 9.71. The van der Waals surface area contributed by atoms with E-state index in [2.05, 4.69) is 0 Å². The maximum absolute atomic E-state index is 10.4. The summed E-state index contributed by atoms with van der Waals surface area (Å²) >= 11 is 0. The van der Waals surface area contributed by atoms with E-state index in [1.54, 1.807) is 6.92 Å². The normalized spacial score (nSPS) is 12.5. The van der Waals surface area contributed by atoms with E-state index in [1.807, 2.05) is 0 Å². The Labute approximate surface area is 59.6 Å². The first-order chi connectivity index (χ1) is 4.54. The average Bonchev–Trinajstić information content (AvgIpc) is 1.82. The highest BCUT2D eigenvalue weighted by atomic mass is 16.1. The van der Waals surface area contributed by atoms with Crippen molar-refractivity contribution < 1.29 is 9.59 Å². The van der Waals surface area contributed by atoms with E-state index >= 15 is 0 Å². The number of carbonyl (C=O) groups is 2. The Kier molecular flexibility index (Phi) is 3.46. The lowest BCUT2D eigenvalue weighted by Crippen LogP contribution is -2.22. The monoisotopic (exact) mass is 143 g/mol. The molecule has 1 atom stereocenters. The second-order valence-electron chi connectivity index (χ2n) is 2.15. The van der Waals surface area contributed by atoms with Gasteiger partial charge in [0.15, 0.2) is 0 Å². The maximum atomic E-state index is 10.4. The molecule has 0 aromatic carbocycles. The van der Waals surface area contributed by atoms with Gasteiger partial charge in [0, 0.05) is 5.92 Å². The number of rotatable bonds is 4. The van der Waals surface area contributed by atoms with Crippen LogP contribution < -0.4 is 11.5 Å². The molecule has 0 aliphatic rings. The third-order valence-corrected chi connectivity index (χ3v) is 1.16. The smallest absolute Gasteiger partial charge is 0.221 e. The van der Waals surface area contributed by atoms with Crippen LogP contribution in [0.3, 0.4) is 0 Å². The molecule has 1 unspecified atom stereocenters. The molecule has 0 spiro atoms. The molecular weight excluding hydrogens is 132 g/mol. The fraction of sp³-hybridized carbons (Fsp3) is 0.500. The van der Waals surface area contributed by atoms with Crippen LogP contribution in [0.5, 0.6) is 0 Å². The van der Waals surface area contributed by atoms with Gasteiger partial charge in [-0.1, -0.05) is 6.92 Å². The Hall–Kier alpha value is -1.06. The molecule has 57 valence electrons. The molecule has 4 heteroatoms. The Bertz CT molecular complexity index is 145. The third-order valence-electron chi connectivity index (χ3n) is 1.16. The van der Waals surface area contributed by atoms with Crippen LogP contribution in [0.4, 0.5) is 0 Å². The highest BCUT2D eigenvalue weighted by molar-refractivity contribution is 5.84. The zero-order valence-electron chi connectivity index (χ0n) is 5.83. The Morgan fingerprint density at radius 1 is 1.50 bits per heavy atom. The Morgan fingerprint density at radius 3 is 2.30 bits per heavy atom. The first-order valence-corrected chi connectivity index (χ1v) is 2.96. The summed E-state index contributed by atoms with van der Waals surface area (Å²) in [5, 5.41) is 0. The van der Waals surface area contributed by atoms with E-state index in [-0.39, 0.29) is 5.92 Å². The molecule has 0 fully saturated rings. The van der Waals surface area contributed by atoms with Gasteiger partial charge in [-0.15, -0.1) is 0 Å². The summed E-state index contributed by atoms with van der Waals surface area (Å²) in [6.07, 6.45) is 1.57. The van der Waals surface area contributed by atoms with Crippen LogP contribution in [0.25, 0.3) is 0 Å². The minimum Gasteiger partial charge on any atom is -0.369 e. The van der Waals surface area contributed by atoms with Crippen molar-refractivity contribution in [3.63, 3.8) is 0 Å². The highest BCUT2D eigenvalue weighted by Crippen LogP contribution is 2.01. The van der Waals surface area contributed by atoms with Gasteiger partial charge in [0.1, 0.15) is 0 Å². The van der Waals surface area contributed by atoms with Gasteiger partial charge in [0.05, 0.1) is 6.42 Å². The van der Waals surface area contributed by atoms with Gasteiger partial charge in [-0.05, 0) is 6.42 Å². The molecule has 0 aromatic rings. The summed E-state index contributed by atoms with van der Waals surface area (Å²) in [7, 11) is 0. The van der Waals surface area contributed by atoms with Crippen molar-refractivity contribution >= 4 is 11.8 Å². The quantitative estimate of drug-likeness (QED) is 0.539. The highest BCUT2D eigenvalue weighted by Gasteiger charge is 2.09. The lowest BCUT2D eigenvalue weighted by atomic mass is 10.1. The van der Waals surface area contributed by atoms with Crippen LogP contribution in [0.15, 0.2) is 0 Å². The molecule has 0 saturated heterocycles. The lowest BCUT2D eigenvalue weighted by molar-refractivity contribution is -0.121. The molecular formula is C6H11N2O2. The minimum absolute atomic E-state index is 0.313. The Balaban J connectivity index is 3.49. The fourth-order valence-corrected chi connectivity index (χ4v) is 0.409. The first kappa shape index (κ1) is 8.94. The van der Waals surface area contributed by atoms with Crippen molar-refractivity contribution in [3.8, 4) is 0 Å². The lowest BCUT2D eigenvalue weighted by Gasteiger charge is -2.02. The van der Waals surface area contributed by atoms with Crippen LogP contribution in [-0.2, 0) is 9.59 Å². The molecule has 0 saturated carbocycles. The van der Waals surface area contributed by atoms with E-state index in [0.29, 0.717) is 6.42 Å². The minimum atomic E-state index is -0.520. The molecule has 0 aliphatic carbocycles.